The summed E-state index contributed by atoms with van der Waals surface area (Å²) in [4.78, 5) is 12.4. The van der Waals surface area contributed by atoms with Crippen molar-refractivity contribution in [3.63, 3.8) is 0 Å². The molecule has 0 aromatic heterocycles. The van der Waals surface area contributed by atoms with E-state index in [4.69, 9.17) is 10.8 Å². The highest BCUT2D eigenvalue weighted by atomic mass is 16.2. The van der Waals surface area contributed by atoms with Gasteiger partial charge in [-0.25, -0.2) is 4.79 Å². The summed E-state index contributed by atoms with van der Waals surface area (Å²) >= 11 is 0. The van der Waals surface area contributed by atoms with Gasteiger partial charge in [-0.05, 0) is 74.5 Å². The molecule has 4 fully saturated rings. The van der Waals surface area contributed by atoms with E-state index in [1.54, 1.807) is 12.2 Å². The van der Waals surface area contributed by atoms with Gasteiger partial charge in [0.05, 0.1) is 11.4 Å². The number of nitrogens with one attached hydrogen (secondary N) is 4. The zero-order chi connectivity index (χ0) is 15.3. The molecular weight excluding hydrogens is 276 g/mol. The van der Waals surface area contributed by atoms with E-state index in [-0.39, 0.29) is 23.0 Å². The summed E-state index contributed by atoms with van der Waals surface area (Å²) in [6, 6.07) is -0.168. The minimum Gasteiger partial charge on any atom is -0.332 e. The van der Waals surface area contributed by atoms with Crippen molar-refractivity contribution in [1.82, 2.24) is 10.6 Å². The van der Waals surface area contributed by atoms with Gasteiger partial charge in [0, 0.05) is 11.2 Å². The topological polar surface area (TPSA) is 88.8 Å². The molecule has 0 aromatic rings. The molecule has 0 unspecified atom stereocenters. The van der Waals surface area contributed by atoms with Crippen molar-refractivity contribution < 1.29 is 4.79 Å². The first-order valence-corrected chi connectivity index (χ1v) is 8.18. The van der Waals surface area contributed by atoms with Crippen LogP contribution in [0.2, 0.25) is 0 Å². The monoisotopic (exact) mass is 298 g/mol. The average Bonchev–Trinajstić information content (AvgIpc) is 2.40. The largest absolute Gasteiger partial charge is 0.332 e. The second kappa shape index (κ2) is 4.80. The van der Waals surface area contributed by atoms with Crippen molar-refractivity contribution in [2.45, 2.75) is 44.1 Å². The van der Waals surface area contributed by atoms with Crippen LogP contribution in [0.1, 0.15) is 38.5 Å². The molecule has 5 aliphatic carbocycles. The quantitative estimate of drug-likeness (QED) is 0.580. The maximum Gasteiger partial charge on any atom is 0.319 e. The fourth-order valence-electron chi connectivity index (χ4n) is 5.29. The number of hydrogen-bond donors (Lipinski definition) is 4. The Balaban J connectivity index is 1.42. The number of amides is 2. The van der Waals surface area contributed by atoms with Gasteiger partial charge in [0.1, 0.15) is 0 Å². The molecule has 116 valence electrons. The van der Waals surface area contributed by atoms with Gasteiger partial charge in [-0.3, -0.25) is 10.8 Å². The molecule has 5 aliphatic rings. The smallest absolute Gasteiger partial charge is 0.319 e. The maximum atomic E-state index is 12.4. The van der Waals surface area contributed by atoms with Gasteiger partial charge in [-0.15, -0.1) is 0 Å². The van der Waals surface area contributed by atoms with Gasteiger partial charge >= 0.3 is 6.03 Å². The van der Waals surface area contributed by atoms with Crippen LogP contribution in [0.15, 0.2) is 23.9 Å². The lowest BCUT2D eigenvalue weighted by molar-refractivity contribution is -0.0133. The third-order valence-corrected chi connectivity index (χ3v) is 5.69. The zero-order valence-corrected chi connectivity index (χ0v) is 12.6. The lowest BCUT2D eigenvalue weighted by Crippen LogP contribution is -2.61. The Morgan fingerprint density at radius 2 is 1.59 bits per heavy atom. The first-order chi connectivity index (χ1) is 10.5. The highest BCUT2D eigenvalue weighted by molar-refractivity contribution is 6.49. The molecular formula is C17H22N4O. The first-order valence-electron chi connectivity index (χ1n) is 8.18. The first kappa shape index (κ1) is 13.7. The molecule has 0 saturated heterocycles. The molecule has 4 bridgehead atoms. The number of carbonyl (C=O) groups excluding carboxylic acids is 1. The van der Waals surface area contributed by atoms with Crippen molar-refractivity contribution in [3.05, 3.63) is 23.9 Å². The summed E-state index contributed by atoms with van der Waals surface area (Å²) in [5, 5.41) is 21.2. The zero-order valence-electron chi connectivity index (χ0n) is 12.6. The van der Waals surface area contributed by atoms with Crippen LogP contribution in [0, 0.1) is 28.6 Å². The summed E-state index contributed by atoms with van der Waals surface area (Å²) in [5.74, 6) is 2.40. The standard InChI is InChI=1S/C17H22N4O/c18-14-2-1-13(6-15(14)19)20-16(22)21-17-7-10-3-11(8-17)5-12(4-10)9-17/h1-2,6,10-12,18-19H,3-5,7-9H2,(H2,20,21,22). The lowest BCUT2D eigenvalue weighted by Gasteiger charge is -2.56. The van der Waals surface area contributed by atoms with E-state index < -0.39 is 0 Å². The van der Waals surface area contributed by atoms with Gasteiger partial charge < -0.3 is 10.6 Å². The molecule has 0 atom stereocenters. The fraction of sp³-hybridized carbons (Fsp3) is 0.588. The maximum absolute atomic E-state index is 12.4. The Morgan fingerprint density at radius 3 is 2.14 bits per heavy atom. The van der Waals surface area contributed by atoms with E-state index >= 15 is 0 Å². The molecule has 0 aromatic carbocycles. The Morgan fingerprint density at radius 1 is 1.00 bits per heavy atom. The van der Waals surface area contributed by atoms with Crippen LogP contribution in [-0.4, -0.2) is 23.0 Å². The normalized spacial score (nSPS) is 38.9. The van der Waals surface area contributed by atoms with E-state index in [2.05, 4.69) is 10.6 Å². The minimum absolute atomic E-state index is 0.00199. The summed E-state index contributed by atoms with van der Waals surface area (Å²) in [6.07, 6.45) is 12.2. The predicted molar refractivity (Wildman–Crippen MR) is 85.2 cm³/mol. The van der Waals surface area contributed by atoms with Gasteiger partial charge in [-0.1, -0.05) is 0 Å². The number of allylic oxidation sites excluding steroid dienone is 3. The fourth-order valence-corrected chi connectivity index (χ4v) is 5.29. The van der Waals surface area contributed by atoms with Gasteiger partial charge in [-0.2, -0.15) is 0 Å². The van der Waals surface area contributed by atoms with Gasteiger partial charge in [0.15, 0.2) is 0 Å². The molecule has 5 rings (SSSR count). The predicted octanol–water partition coefficient (Wildman–Crippen LogP) is 2.75. The molecule has 22 heavy (non-hydrogen) atoms. The third-order valence-electron chi connectivity index (χ3n) is 5.69. The second-order valence-electron chi connectivity index (χ2n) is 7.54. The van der Waals surface area contributed by atoms with Crippen molar-refractivity contribution in [1.29, 1.82) is 10.8 Å². The van der Waals surface area contributed by atoms with Gasteiger partial charge in [0.2, 0.25) is 0 Å². The molecule has 0 radical (unpaired) electrons. The number of urea groups is 1. The molecule has 0 spiro atoms. The lowest BCUT2D eigenvalue weighted by atomic mass is 9.53. The van der Waals surface area contributed by atoms with Crippen LogP contribution < -0.4 is 10.6 Å². The van der Waals surface area contributed by atoms with Crippen molar-refractivity contribution >= 4 is 17.5 Å². The van der Waals surface area contributed by atoms with Crippen LogP contribution in [0.3, 0.4) is 0 Å². The third kappa shape index (κ3) is 2.38. The SMILES string of the molecule is N=C1C=CC(NC(=O)NC23CC4CC(CC(C4)C2)C3)=CC1=N. The van der Waals surface area contributed by atoms with E-state index in [1.165, 1.54) is 25.3 Å². The van der Waals surface area contributed by atoms with Gasteiger partial charge in [0.25, 0.3) is 0 Å². The number of rotatable bonds is 2. The summed E-state index contributed by atoms with van der Waals surface area (Å²) in [5.41, 5.74) is 0.890. The van der Waals surface area contributed by atoms with Crippen molar-refractivity contribution in [2.75, 3.05) is 0 Å². The summed E-state index contributed by atoms with van der Waals surface area (Å²) in [7, 11) is 0. The second-order valence-corrected chi connectivity index (χ2v) is 7.54. The molecule has 5 nitrogen and oxygen atoms in total. The van der Waals surface area contributed by atoms with Crippen LogP contribution in [0.25, 0.3) is 0 Å². The van der Waals surface area contributed by atoms with E-state index in [0.29, 0.717) is 5.70 Å². The highest BCUT2D eigenvalue weighted by Gasteiger charge is 2.51. The Labute approximate surface area is 130 Å². The van der Waals surface area contributed by atoms with Crippen LogP contribution in [-0.2, 0) is 0 Å². The molecule has 0 aliphatic heterocycles. The summed E-state index contributed by atoms with van der Waals surface area (Å²) in [6.45, 7) is 0. The van der Waals surface area contributed by atoms with Crippen LogP contribution in [0.5, 0.6) is 0 Å². The van der Waals surface area contributed by atoms with Crippen LogP contribution in [0.4, 0.5) is 4.79 Å². The van der Waals surface area contributed by atoms with Crippen LogP contribution >= 0.6 is 0 Å². The minimum atomic E-state index is -0.168. The Bertz CT molecular complexity index is 581. The summed E-state index contributed by atoms with van der Waals surface area (Å²) < 4.78 is 0. The van der Waals surface area contributed by atoms with E-state index in [1.807, 2.05) is 0 Å². The molecule has 0 heterocycles. The Hall–Kier alpha value is -1.91. The van der Waals surface area contributed by atoms with Crippen molar-refractivity contribution in [3.8, 4) is 0 Å². The van der Waals surface area contributed by atoms with E-state index in [0.717, 1.165) is 37.0 Å². The highest BCUT2D eigenvalue weighted by Crippen LogP contribution is 2.55. The van der Waals surface area contributed by atoms with Crippen molar-refractivity contribution in [2.24, 2.45) is 17.8 Å². The molecule has 4 N–H and O–H groups in total. The molecule has 2 amide bonds. The Kier molecular flexibility index (Phi) is 2.99. The average molecular weight is 298 g/mol. The molecule has 5 heteroatoms. The number of hydrogen-bond acceptors (Lipinski definition) is 3. The number of carbonyl (C=O) groups is 1. The van der Waals surface area contributed by atoms with E-state index in [9.17, 15) is 4.79 Å². The molecule has 4 saturated carbocycles.